The van der Waals surface area contributed by atoms with Gasteiger partial charge in [0.2, 0.25) is 0 Å². The Labute approximate surface area is 107 Å². The third-order valence-corrected chi connectivity index (χ3v) is 4.02. The number of rotatable bonds is 4. The van der Waals surface area contributed by atoms with Crippen LogP contribution >= 0.6 is 0 Å². The van der Waals surface area contributed by atoms with E-state index in [0.29, 0.717) is 11.8 Å². The van der Waals surface area contributed by atoms with Crippen LogP contribution in [0.3, 0.4) is 0 Å². The van der Waals surface area contributed by atoms with Crippen molar-refractivity contribution in [1.29, 1.82) is 0 Å². The molecule has 0 aliphatic heterocycles. The zero-order valence-corrected chi connectivity index (χ0v) is 12.4. The highest BCUT2D eigenvalue weighted by molar-refractivity contribution is 5.46. The average Bonchev–Trinajstić information content (AvgIpc) is 2.25. The first-order chi connectivity index (χ1) is 7.90. The van der Waals surface area contributed by atoms with Crippen molar-refractivity contribution in [2.24, 2.45) is 5.92 Å². The Morgan fingerprint density at radius 3 is 1.82 bits per heavy atom. The van der Waals surface area contributed by atoms with Crippen molar-refractivity contribution in [3.8, 4) is 0 Å². The van der Waals surface area contributed by atoms with Crippen molar-refractivity contribution >= 4 is 0 Å². The molecule has 0 spiro atoms. The lowest BCUT2D eigenvalue weighted by Gasteiger charge is -2.27. The second kappa shape index (κ2) is 5.68. The molecule has 0 saturated heterocycles. The molecule has 1 aromatic rings. The number of aryl methyl sites for hydroxylation is 2. The lowest BCUT2D eigenvalue weighted by molar-refractivity contribution is 0.474. The second-order valence-electron chi connectivity index (χ2n) is 5.58. The van der Waals surface area contributed by atoms with E-state index in [-0.39, 0.29) is 0 Å². The van der Waals surface area contributed by atoms with E-state index in [1.54, 1.807) is 5.56 Å². The fourth-order valence-electron chi connectivity index (χ4n) is 2.69. The SMILES string of the molecule is CNCC(c1c(C)c(C)cc(C)c1C)C(C)C. The maximum atomic E-state index is 3.34. The summed E-state index contributed by atoms with van der Waals surface area (Å²) in [4.78, 5) is 0. The number of hydrogen-bond acceptors (Lipinski definition) is 1. The Morgan fingerprint density at radius 2 is 1.47 bits per heavy atom. The molecule has 1 N–H and O–H groups in total. The molecule has 0 aliphatic carbocycles. The van der Waals surface area contributed by atoms with E-state index in [1.165, 1.54) is 22.3 Å². The highest BCUT2D eigenvalue weighted by Gasteiger charge is 2.20. The number of likely N-dealkylation sites (N-methyl/N-ethyl adjacent to an activating group) is 1. The van der Waals surface area contributed by atoms with Gasteiger partial charge in [-0.05, 0) is 74.4 Å². The molecular weight excluding hydrogens is 206 g/mol. The van der Waals surface area contributed by atoms with Gasteiger partial charge in [-0.1, -0.05) is 19.9 Å². The van der Waals surface area contributed by atoms with Crippen LogP contribution in [-0.4, -0.2) is 13.6 Å². The molecule has 1 nitrogen and oxygen atoms in total. The topological polar surface area (TPSA) is 12.0 Å². The minimum Gasteiger partial charge on any atom is -0.319 e. The summed E-state index contributed by atoms with van der Waals surface area (Å²) in [5.41, 5.74) is 7.35. The molecule has 17 heavy (non-hydrogen) atoms. The summed E-state index contributed by atoms with van der Waals surface area (Å²) in [5.74, 6) is 1.28. The van der Waals surface area contributed by atoms with Gasteiger partial charge >= 0.3 is 0 Å². The lowest BCUT2D eigenvalue weighted by atomic mass is 9.80. The maximum Gasteiger partial charge on any atom is 0.00198 e. The van der Waals surface area contributed by atoms with Crippen LogP contribution in [-0.2, 0) is 0 Å². The fourth-order valence-corrected chi connectivity index (χ4v) is 2.69. The van der Waals surface area contributed by atoms with Gasteiger partial charge in [0.25, 0.3) is 0 Å². The summed E-state index contributed by atoms with van der Waals surface area (Å²) < 4.78 is 0. The Kier molecular flexibility index (Phi) is 4.76. The number of hydrogen-bond donors (Lipinski definition) is 1. The van der Waals surface area contributed by atoms with Crippen molar-refractivity contribution in [2.75, 3.05) is 13.6 Å². The predicted molar refractivity (Wildman–Crippen MR) is 76.9 cm³/mol. The predicted octanol–water partition coefficient (Wildman–Crippen LogP) is 3.88. The van der Waals surface area contributed by atoms with Gasteiger partial charge in [-0.2, -0.15) is 0 Å². The summed E-state index contributed by atoms with van der Waals surface area (Å²) in [6, 6.07) is 2.31. The van der Waals surface area contributed by atoms with Crippen molar-refractivity contribution in [2.45, 2.75) is 47.5 Å². The van der Waals surface area contributed by atoms with Crippen molar-refractivity contribution in [3.63, 3.8) is 0 Å². The van der Waals surface area contributed by atoms with Gasteiger partial charge in [0.15, 0.2) is 0 Å². The van der Waals surface area contributed by atoms with E-state index >= 15 is 0 Å². The van der Waals surface area contributed by atoms with Gasteiger partial charge in [-0.15, -0.1) is 0 Å². The summed E-state index contributed by atoms with van der Waals surface area (Å²) in [6.45, 7) is 14.7. The van der Waals surface area contributed by atoms with Crippen LogP contribution in [0.2, 0.25) is 0 Å². The van der Waals surface area contributed by atoms with E-state index in [2.05, 4.69) is 52.9 Å². The molecule has 0 saturated carbocycles. The smallest absolute Gasteiger partial charge is 0.00198 e. The average molecular weight is 233 g/mol. The normalized spacial score (nSPS) is 13.2. The van der Waals surface area contributed by atoms with Crippen LogP contribution < -0.4 is 5.32 Å². The van der Waals surface area contributed by atoms with Crippen LogP contribution in [0.15, 0.2) is 6.07 Å². The molecule has 0 radical (unpaired) electrons. The molecule has 1 atom stereocenters. The van der Waals surface area contributed by atoms with E-state index in [0.717, 1.165) is 6.54 Å². The molecule has 1 heteroatoms. The van der Waals surface area contributed by atoms with Crippen molar-refractivity contribution in [3.05, 3.63) is 33.9 Å². The Bertz CT molecular complexity index is 365. The fraction of sp³-hybridized carbons (Fsp3) is 0.625. The van der Waals surface area contributed by atoms with Gasteiger partial charge in [0, 0.05) is 6.54 Å². The first-order valence-corrected chi connectivity index (χ1v) is 6.62. The maximum absolute atomic E-state index is 3.34. The van der Waals surface area contributed by atoms with Crippen LogP contribution in [0, 0.1) is 33.6 Å². The largest absolute Gasteiger partial charge is 0.319 e. The van der Waals surface area contributed by atoms with Crippen LogP contribution in [0.25, 0.3) is 0 Å². The number of benzene rings is 1. The van der Waals surface area contributed by atoms with Gasteiger partial charge in [0.1, 0.15) is 0 Å². The standard InChI is InChI=1S/C16H27N/c1-10(2)15(9-17-7)16-13(5)11(3)8-12(4)14(16)6/h8,10,15,17H,9H2,1-7H3. The van der Waals surface area contributed by atoms with Crippen molar-refractivity contribution < 1.29 is 0 Å². The quantitative estimate of drug-likeness (QED) is 0.832. The highest BCUT2D eigenvalue weighted by Crippen LogP contribution is 2.32. The third-order valence-electron chi connectivity index (χ3n) is 4.02. The Balaban J connectivity index is 3.36. The molecule has 0 aromatic heterocycles. The zero-order valence-electron chi connectivity index (χ0n) is 12.4. The second-order valence-corrected chi connectivity index (χ2v) is 5.58. The van der Waals surface area contributed by atoms with E-state index < -0.39 is 0 Å². The molecule has 0 amide bonds. The van der Waals surface area contributed by atoms with Gasteiger partial charge in [0.05, 0.1) is 0 Å². The zero-order chi connectivity index (χ0) is 13.2. The van der Waals surface area contributed by atoms with Gasteiger partial charge in [-0.3, -0.25) is 0 Å². The Hall–Kier alpha value is -0.820. The molecule has 0 bridgehead atoms. The summed E-state index contributed by atoms with van der Waals surface area (Å²) in [7, 11) is 2.04. The summed E-state index contributed by atoms with van der Waals surface area (Å²) in [5, 5.41) is 3.34. The van der Waals surface area contributed by atoms with Crippen LogP contribution in [0.5, 0.6) is 0 Å². The monoisotopic (exact) mass is 233 g/mol. The van der Waals surface area contributed by atoms with E-state index in [1.807, 2.05) is 7.05 Å². The Morgan fingerprint density at radius 1 is 1.00 bits per heavy atom. The van der Waals surface area contributed by atoms with Gasteiger partial charge in [-0.25, -0.2) is 0 Å². The van der Waals surface area contributed by atoms with E-state index in [9.17, 15) is 0 Å². The van der Waals surface area contributed by atoms with Crippen molar-refractivity contribution in [1.82, 2.24) is 5.32 Å². The molecule has 1 unspecified atom stereocenters. The summed E-state index contributed by atoms with van der Waals surface area (Å²) in [6.07, 6.45) is 0. The van der Waals surface area contributed by atoms with Crippen LogP contribution in [0.1, 0.15) is 47.6 Å². The van der Waals surface area contributed by atoms with E-state index in [4.69, 9.17) is 0 Å². The lowest BCUT2D eigenvalue weighted by Crippen LogP contribution is -2.23. The van der Waals surface area contributed by atoms with Gasteiger partial charge < -0.3 is 5.32 Å². The first-order valence-electron chi connectivity index (χ1n) is 6.62. The number of nitrogens with one attached hydrogen (secondary N) is 1. The minimum atomic E-state index is 0.610. The first kappa shape index (κ1) is 14.2. The highest BCUT2D eigenvalue weighted by atomic mass is 14.8. The summed E-state index contributed by atoms with van der Waals surface area (Å²) >= 11 is 0. The molecular formula is C16H27N. The molecule has 1 aromatic carbocycles. The third kappa shape index (κ3) is 2.90. The molecule has 96 valence electrons. The van der Waals surface area contributed by atoms with Crippen LogP contribution in [0.4, 0.5) is 0 Å². The molecule has 0 heterocycles. The molecule has 0 aliphatic rings. The molecule has 1 rings (SSSR count). The molecule has 0 fully saturated rings. The minimum absolute atomic E-state index is 0.610.